The highest BCUT2D eigenvalue weighted by Gasteiger charge is 2.19. The van der Waals surface area contributed by atoms with E-state index in [0.717, 1.165) is 77.4 Å². The van der Waals surface area contributed by atoms with E-state index in [-0.39, 0.29) is 0 Å². The number of nitrogens with zero attached hydrogens (tertiary/aromatic N) is 4. The molecule has 0 fully saturated rings. The molecule has 4 heterocycles. The van der Waals surface area contributed by atoms with Gasteiger partial charge in [0.1, 0.15) is 22.3 Å². The second kappa shape index (κ2) is 12.3. The number of fused-ring (bicyclic) bond motifs is 9. The van der Waals surface area contributed by atoms with Crippen molar-refractivity contribution in [3.8, 4) is 51.0 Å². The average molecular weight is 731 g/mol. The predicted molar refractivity (Wildman–Crippen MR) is 230 cm³/mol. The summed E-state index contributed by atoms with van der Waals surface area (Å²) in [5, 5.41) is 6.72. The Balaban J connectivity index is 0.946. The standard InChI is InChI=1S/C51H30N4O2/c1-3-12-31(13-4-1)49-52-50(32-14-5-2-6-15-32)54-51(53-49)35-24-26-39-38-25-22-33(28-45(38)57-46(39)30-35)34-23-27-40-47(29-34)56-44-21-11-20-43(48(40)44)55-41-18-9-7-16-36(41)37-17-8-10-19-42(37)55/h1-30H. The monoisotopic (exact) mass is 730 g/mol. The number of hydrogen-bond donors (Lipinski definition) is 0. The van der Waals surface area contributed by atoms with Gasteiger partial charge in [-0.05, 0) is 71.8 Å². The van der Waals surface area contributed by atoms with Crippen molar-refractivity contribution in [3.05, 3.63) is 182 Å². The van der Waals surface area contributed by atoms with Crippen molar-refractivity contribution in [1.82, 2.24) is 19.5 Å². The van der Waals surface area contributed by atoms with E-state index in [1.807, 2.05) is 66.7 Å². The summed E-state index contributed by atoms with van der Waals surface area (Å²) in [6.45, 7) is 0. The Morgan fingerprint density at radius 1 is 0.316 bits per heavy atom. The van der Waals surface area contributed by atoms with E-state index in [1.165, 1.54) is 21.8 Å². The average Bonchev–Trinajstić information content (AvgIpc) is 3.95. The van der Waals surface area contributed by atoms with Crippen LogP contribution >= 0.6 is 0 Å². The van der Waals surface area contributed by atoms with Crippen LogP contribution in [0.5, 0.6) is 0 Å². The minimum atomic E-state index is 0.589. The SMILES string of the molecule is c1ccc(-c2nc(-c3ccccc3)nc(-c3ccc4c(c3)oc3cc(-c5ccc6c(c5)oc5cccc(-n7c8ccccc8c8ccccc87)c56)ccc34)n2)cc1. The molecular formula is C51H30N4O2. The third kappa shape index (κ3) is 5.01. The van der Waals surface area contributed by atoms with Crippen molar-refractivity contribution in [3.63, 3.8) is 0 Å². The Morgan fingerprint density at radius 2 is 0.772 bits per heavy atom. The van der Waals surface area contributed by atoms with Crippen LogP contribution in [0.3, 0.4) is 0 Å². The summed E-state index contributed by atoms with van der Waals surface area (Å²) in [7, 11) is 0. The molecule has 12 rings (SSSR count). The molecule has 266 valence electrons. The molecule has 0 aliphatic rings. The van der Waals surface area contributed by atoms with Gasteiger partial charge in [0.2, 0.25) is 0 Å². The molecule has 0 saturated carbocycles. The molecule has 0 unspecified atom stereocenters. The Bertz CT molecular complexity index is 3410. The van der Waals surface area contributed by atoms with Crippen LogP contribution in [0.25, 0.3) is 117 Å². The third-order valence-electron chi connectivity index (χ3n) is 11.1. The van der Waals surface area contributed by atoms with Gasteiger partial charge in [-0.25, -0.2) is 15.0 Å². The number of furan rings is 2. The van der Waals surface area contributed by atoms with Crippen LogP contribution in [0, 0.1) is 0 Å². The summed E-state index contributed by atoms with van der Waals surface area (Å²) in [6.07, 6.45) is 0. The largest absolute Gasteiger partial charge is 0.456 e. The molecule has 0 saturated heterocycles. The van der Waals surface area contributed by atoms with Crippen molar-refractivity contribution in [2.45, 2.75) is 0 Å². The smallest absolute Gasteiger partial charge is 0.164 e. The number of hydrogen-bond acceptors (Lipinski definition) is 5. The number of benzene rings is 8. The quantitative estimate of drug-likeness (QED) is 0.176. The van der Waals surface area contributed by atoms with Gasteiger partial charge in [0.15, 0.2) is 17.5 Å². The van der Waals surface area contributed by atoms with E-state index in [2.05, 4.69) is 120 Å². The lowest BCUT2D eigenvalue weighted by Crippen LogP contribution is -2.00. The summed E-state index contributed by atoms with van der Waals surface area (Å²) in [5.41, 5.74) is 11.5. The molecule has 6 heteroatoms. The van der Waals surface area contributed by atoms with Gasteiger partial charge in [0.05, 0.1) is 22.1 Å². The number of aromatic nitrogens is 4. The fourth-order valence-electron chi connectivity index (χ4n) is 8.39. The summed E-state index contributed by atoms with van der Waals surface area (Å²) >= 11 is 0. The Labute approximate surface area is 325 Å². The second-order valence-electron chi connectivity index (χ2n) is 14.4. The molecule has 8 aromatic carbocycles. The van der Waals surface area contributed by atoms with E-state index in [4.69, 9.17) is 23.8 Å². The summed E-state index contributed by atoms with van der Waals surface area (Å²) in [6, 6.07) is 62.7. The molecule has 0 bridgehead atoms. The fourth-order valence-corrected chi connectivity index (χ4v) is 8.39. The zero-order valence-electron chi connectivity index (χ0n) is 30.4. The molecule has 0 amide bonds. The predicted octanol–water partition coefficient (Wildman–Crippen LogP) is 13.4. The molecule has 0 N–H and O–H groups in total. The van der Waals surface area contributed by atoms with Crippen molar-refractivity contribution < 1.29 is 8.83 Å². The van der Waals surface area contributed by atoms with Gasteiger partial charge in [-0.1, -0.05) is 121 Å². The van der Waals surface area contributed by atoms with Gasteiger partial charge in [-0.2, -0.15) is 0 Å². The van der Waals surface area contributed by atoms with Crippen LogP contribution in [0.15, 0.2) is 191 Å². The highest BCUT2D eigenvalue weighted by molar-refractivity contribution is 6.15. The van der Waals surface area contributed by atoms with Crippen LogP contribution < -0.4 is 0 Å². The first-order valence-corrected chi connectivity index (χ1v) is 19.0. The zero-order valence-corrected chi connectivity index (χ0v) is 30.4. The second-order valence-corrected chi connectivity index (χ2v) is 14.4. The fraction of sp³-hybridized carbons (Fsp3) is 0. The Hall–Kier alpha value is -7.83. The van der Waals surface area contributed by atoms with Gasteiger partial charge in [0, 0.05) is 43.6 Å². The lowest BCUT2D eigenvalue weighted by atomic mass is 10.0. The summed E-state index contributed by atoms with van der Waals surface area (Å²) in [4.78, 5) is 14.7. The van der Waals surface area contributed by atoms with E-state index in [9.17, 15) is 0 Å². The lowest BCUT2D eigenvalue weighted by Gasteiger charge is -2.09. The molecule has 0 atom stereocenters. The highest BCUT2D eigenvalue weighted by atomic mass is 16.3. The zero-order chi connectivity index (χ0) is 37.5. The van der Waals surface area contributed by atoms with E-state index in [1.54, 1.807) is 0 Å². The lowest BCUT2D eigenvalue weighted by molar-refractivity contribution is 0.668. The van der Waals surface area contributed by atoms with Gasteiger partial charge >= 0.3 is 0 Å². The minimum absolute atomic E-state index is 0.589. The van der Waals surface area contributed by atoms with E-state index in [0.29, 0.717) is 17.5 Å². The van der Waals surface area contributed by atoms with Crippen molar-refractivity contribution >= 4 is 65.7 Å². The maximum absolute atomic E-state index is 6.59. The molecule has 0 aliphatic heterocycles. The van der Waals surface area contributed by atoms with Crippen LogP contribution in [0.4, 0.5) is 0 Å². The number of rotatable bonds is 5. The molecular weight excluding hydrogens is 701 g/mol. The molecule has 12 aromatic rings. The van der Waals surface area contributed by atoms with E-state index < -0.39 is 0 Å². The Kier molecular flexibility index (Phi) is 6.83. The maximum atomic E-state index is 6.59. The molecule has 4 aromatic heterocycles. The van der Waals surface area contributed by atoms with Crippen LogP contribution in [-0.4, -0.2) is 19.5 Å². The van der Waals surface area contributed by atoms with Crippen molar-refractivity contribution in [2.75, 3.05) is 0 Å². The van der Waals surface area contributed by atoms with Crippen LogP contribution in [0.2, 0.25) is 0 Å². The molecule has 0 radical (unpaired) electrons. The van der Waals surface area contributed by atoms with Crippen molar-refractivity contribution in [1.29, 1.82) is 0 Å². The highest BCUT2D eigenvalue weighted by Crippen LogP contribution is 2.41. The van der Waals surface area contributed by atoms with Crippen LogP contribution in [-0.2, 0) is 0 Å². The first kappa shape index (κ1) is 31.5. The van der Waals surface area contributed by atoms with Gasteiger partial charge in [0.25, 0.3) is 0 Å². The van der Waals surface area contributed by atoms with Gasteiger partial charge in [-0.15, -0.1) is 0 Å². The molecule has 0 aliphatic carbocycles. The maximum Gasteiger partial charge on any atom is 0.164 e. The summed E-state index contributed by atoms with van der Waals surface area (Å²) < 4.78 is 15.5. The minimum Gasteiger partial charge on any atom is -0.456 e. The third-order valence-corrected chi connectivity index (χ3v) is 11.1. The molecule has 0 spiro atoms. The molecule has 57 heavy (non-hydrogen) atoms. The summed E-state index contributed by atoms with van der Waals surface area (Å²) in [5.74, 6) is 1.84. The van der Waals surface area contributed by atoms with Crippen LogP contribution in [0.1, 0.15) is 0 Å². The van der Waals surface area contributed by atoms with Crippen molar-refractivity contribution in [2.24, 2.45) is 0 Å². The molecule has 6 nitrogen and oxygen atoms in total. The number of para-hydroxylation sites is 2. The van der Waals surface area contributed by atoms with Gasteiger partial charge in [-0.3, -0.25) is 0 Å². The van der Waals surface area contributed by atoms with E-state index >= 15 is 0 Å². The first-order valence-electron chi connectivity index (χ1n) is 19.0. The first-order chi connectivity index (χ1) is 28.2. The normalized spacial score (nSPS) is 11.9. The topological polar surface area (TPSA) is 69.9 Å². The van der Waals surface area contributed by atoms with Gasteiger partial charge < -0.3 is 13.4 Å². The Morgan fingerprint density at radius 3 is 1.37 bits per heavy atom.